The molecule has 0 aliphatic rings. The van der Waals surface area contributed by atoms with Gasteiger partial charge in [0.05, 0.1) is 12.5 Å². The molecule has 2 amide bonds. The molecule has 0 heterocycles. The van der Waals surface area contributed by atoms with Crippen molar-refractivity contribution in [2.45, 2.75) is 40.2 Å². The number of nitrogens with one attached hydrogen (secondary N) is 1. The Morgan fingerprint density at radius 3 is 2.27 bits per heavy atom. The Balaban J connectivity index is 2.88. The molecule has 0 aromatic heterocycles. The Bertz CT molecular complexity index is 535. The quantitative estimate of drug-likeness (QED) is 0.787. The number of likely N-dealkylation sites (N-methyl/N-ethyl adjacent to an activating group) is 1. The summed E-state index contributed by atoms with van der Waals surface area (Å²) in [5.41, 5.74) is 3.04. The molecule has 0 fully saturated rings. The van der Waals surface area contributed by atoms with Crippen LogP contribution in [0.1, 0.15) is 44.4 Å². The summed E-state index contributed by atoms with van der Waals surface area (Å²) >= 11 is 0. The summed E-state index contributed by atoms with van der Waals surface area (Å²) in [6, 6.07) is 7.58. The molecule has 1 N–H and O–H groups in total. The third-order valence-corrected chi connectivity index (χ3v) is 3.43. The first-order chi connectivity index (χ1) is 10.3. The van der Waals surface area contributed by atoms with E-state index in [4.69, 9.17) is 0 Å². The lowest BCUT2D eigenvalue weighted by molar-refractivity contribution is -0.131. The number of carbonyl (C=O) groups excluding carboxylic acids is 2. The Kier molecular flexibility index (Phi) is 6.83. The molecule has 0 saturated carbocycles. The monoisotopic (exact) mass is 302 g/mol. The zero-order valence-corrected chi connectivity index (χ0v) is 14.0. The standard InChI is InChI=1S/C18H26N2O2/c1-6-20(12-13(2)3)18(22)11-17(19-15(5)21)16-9-7-14(4)8-10-16/h7-10,17H,2,6,11-12H2,1,3-5H3,(H,19,21). The van der Waals surface area contributed by atoms with Crippen LogP contribution in [0, 0.1) is 6.92 Å². The topological polar surface area (TPSA) is 49.4 Å². The molecule has 0 saturated heterocycles. The second-order valence-corrected chi connectivity index (χ2v) is 5.73. The largest absolute Gasteiger partial charge is 0.349 e. The second-order valence-electron chi connectivity index (χ2n) is 5.73. The predicted molar refractivity (Wildman–Crippen MR) is 89.4 cm³/mol. The Morgan fingerprint density at radius 2 is 1.82 bits per heavy atom. The number of benzene rings is 1. The van der Waals surface area contributed by atoms with Crippen molar-refractivity contribution in [1.82, 2.24) is 10.2 Å². The third kappa shape index (κ3) is 5.72. The molecule has 0 spiro atoms. The Labute approximate surface area is 133 Å². The first-order valence-corrected chi connectivity index (χ1v) is 7.59. The maximum atomic E-state index is 12.5. The van der Waals surface area contributed by atoms with Gasteiger partial charge >= 0.3 is 0 Å². The molecule has 0 aliphatic heterocycles. The zero-order chi connectivity index (χ0) is 16.7. The van der Waals surface area contributed by atoms with Gasteiger partial charge in [-0.25, -0.2) is 0 Å². The molecule has 4 heteroatoms. The van der Waals surface area contributed by atoms with E-state index < -0.39 is 0 Å². The Hall–Kier alpha value is -2.10. The summed E-state index contributed by atoms with van der Waals surface area (Å²) in [4.78, 5) is 25.7. The van der Waals surface area contributed by atoms with E-state index in [1.165, 1.54) is 6.92 Å². The number of nitrogens with zero attached hydrogens (tertiary/aromatic N) is 1. The van der Waals surface area contributed by atoms with E-state index in [0.717, 1.165) is 16.7 Å². The SMILES string of the molecule is C=C(C)CN(CC)C(=O)CC(NC(C)=O)c1ccc(C)cc1. The predicted octanol–water partition coefficient (Wildman–Crippen LogP) is 2.99. The van der Waals surface area contributed by atoms with E-state index >= 15 is 0 Å². The molecular weight excluding hydrogens is 276 g/mol. The van der Waals surface area contributed by atoms with E-state index in [-0.39, 0.29) is 24.3 Å². The van der Waals surface area contributed by atoms with Crippen LogP contribution in [0.2, 0.25) is 0 Å². The summed E-state index contributed by atoms with van der Waals surface area (Å²) in [5.74, 6) is -0.119. The van der Waals surface area contributed by atoms with Crippen molar-refractivity contribution in [2.24, 2.45) is 0 Å². The van der Waals surface area contributed by atoms with Gasteiger partial charge in [-0.3, -0.25) is 9.59 Å². The van der Waals surface area contributed by atoms with Gasteiger partial charge in [-0.1, -0.05) is 42.0 Å². The van der Waals surface area contributed by atoms with Gasteiger partial charge in [-0.2, -0.15) is 0 Å². The van der Waals surface area contributed by atoms with Crippen LogP contribution in [0.4, 0.5) is 0 Å². The maximum Gasteiger partial charge on any atom is 0.225 e. The minimum atomic E-state index is -0.301. The first-order valence-electron chi connectivity index (χ1n) is 7.59. The fraction of sp³-hybridized carbons (Fsp3) is 0.444. The summed E-state index contributed by atoms with van der Waals surface area (Å²) in [6.07, 6.45) is 0.254. The summed E-state index contributed by atoms with van der Waals surface area (Å²) < 4.78 is 0. The van der Waals surface area contributed by atoms with Crippen LogP contribution >= 0.6 is 0 Å². The number of aryl methyl sites for hydroxylation is 1. The number of hydrogen-bond donors (Lipinski definition) is 1. The van der Waals surface area contributed by atoms with Crippen LogP contribution in [0.3, 0.4) is 0 Å². The fourth-order valence-electron chi connectivity index (χ4n) is 2.30. The molecule has 1 rings (SSSR count). The number of hydrogen-bond acceptors (Lipinski definition) is 2. The van der Waals surface area contributed by atoms with Crippen LogP contribution < -0.4 is 5.32 Å². The van der Waals surface area contributed by atoms with Gasteiger partial charge in [0.15, 0.2) is 0 Å². The molecule has 1 unspecified atom stereocenters. The van der Waals surface area contributed by atoms with Crippen molar-refractivity contribution in [3.63, 3.8) is 0 Å². The minimum Gasteiger partial charge on any atom is -0.349 e. The second kappa shape index (κ2) is 8.37. The van der Waals surface area contributed by atoms with Crippen LogP contribution in [0.15, 0.2) is 36.4 Å². The van der Waals surface area contributed by atoms with Gasteiger partial charge in [-0.05, 0) is 26.3 Å². The van der Waals surface area contributed by atoms with Gasteiger partial charge in [0.25, 0.3) is 0 Å². The molecule has 0 aliphatic carbocycles. The maximum absolute atomic E-state index is 12.5. The lowest BCUT2D eigenvalue weighted by atomic mass is 10.0. The molecule has 1 atom stereocenters. The van der Waals surface area contributed by atoms with Gasteiger partial charge in [0.2, 0.25) is 11.8 Å². The first kappa shape index (κ1) is 18.0. The molecule has 1 aromatic carbocycles. The smallest absolute Gasteiger partial charge is 0.225 e. The highest BCUT2D eigenvalue weighted by Gasteiger charge is 2.20. The van der Waals surface area contributed by atoms with Crippen molar-refractivity contribution in [3.05, 3.63) is 47.5 Å². The van der Waals surface area contributed by atoms with Gasteiger partial charge in [-0.15, -0.1) is 0 Å². The summed E-state index contributed by atoms with van der Waals surface area (Å²) in [6.45, 7) is 12.4. The molecular formula is C18H26N2O2. The van der Waals surface area contributed by atoms with Crippen LogP contribution in [0.25, 0.3) is 0 Å². The molecule has 120 valence electrons. The van der Waals surface area contributed by atoms with E-state index in [1.54, 1.807) is 4.90 Å². The van der Waals surface area contributed by atoms with Gasteiger partial charge < -0.3 is 10.2 Å². The highest BCUT2D eigenvalue weighted by molar-refractivity contribution is 5.79. The summed E-state index contributed by atoms with van der Waals surface area (Å²) in [7, 11) is 0. The minimum absolute atomic E-state index is 0.0184. The molecule has 0 bridgehead atoms. The molecule has 22 heavy (non-hydrogen) atoms. The number of amides is 2. The average molecular weight is 302 g/mol. The van der Waals surface area contributed by atoms with E-state index in [0.29, 0.717) is 13.1 Å². The molecule has 4 nitrogen and oxygen atoms in total. The van der Waals surface area contributed by atoms with Crippen LogP contribution in [0.5, 0.6) is 0 Å². The fourth-order valence-corrected chi connectivity index (χ4v) is 2.30. The molecule has 0 radical (unpaired) electrons. The normalized spacial score (nSPS) is 11.6. The average Bonchev–Trinajstić information content (AvgIpc) is 2.44. The van der Waals surface area contributed by atoms with E-state index in [9.17, 15) is 9.59 Å². The van der Waals surface area contributed by atoms with Gasteiger partial charge in [0.1, 0.15) is 0 Å². The van der Waals surface area contributed by atoms with Crippen molar-refractivity contribution >= 4 is 11.8 Å². The zero-order valence-electron chi connectivity index (χ0n) is 14.0. The van der Waals surface area contributed by atoms with Crippen molar-refractivity contribution in [1.29, 1.82) is 0 Å². The van der Waals surface area contributed by atoms with E-state index in [1.807, 2.05) is 45.0 Å². The number of carbonyl (C=O) groups is 2. The molecule has 1 aromatic rings. The summed E-state index contributed by atoms with van der Waals surface area (Å²) in [5, 5.41) is 2.87. The van der Waals surface area contributed by atoms with Gasteiger partial charge in [0, 0.05) is 20.0 Å². The third-order valence-electron chi connectivity index (χ3n) is 3.43. The highest BCUT2D eigenvalue weighted by Crippen LogP contribution is 2.19. The van der Waals surface area contributed by atoms with Crippen molar-refractivity contribution in [2.75, 3.05) is 13.1 Å². The lowest BCUT2D eigenvalue weighted by Crippen LogP contribution is -2.36. The van der Waals surface area contributed by atoms with Crippen molar-refractivity contribution in [3.8, 4) is 0 Å². The lowest BCUT2D eigenvalue weighted by Gasteiger charge is -2.25. The number of rotatable bonds is 7. The Morgan fingerprint density at radius 1 is 1.23 bits per heavy atom. The van der Waals surface area contributed by atoms with Crippen LogP contribution in [-0.2, 0) is 9.59 Å². The highest BCUT2D eigenvalue weighted by atomic mass is 16.2. The van der Waals surface area contributed by atoms with Crippen LogP contribution in [-0.4, -0.2) is 29.8 Å². The van der Waals surface area contributed by atoms with Crippen molar-refractivity contribution < 1.29 is 9.59 Å². The van der Waals surface area contributed by atoms with E-state index in [2.05, 4.69) is 11.9 Å².